The smallest absolute Gasteiger partial charge is 0.222 e. The Bertz CT molecular complexity index is 369. The lowest BCUT2D eigenvalue weighted by Crippen LogP contribution is -2.21. The van der Waals surface area contributed by atoms with Gasteiger partial charge in [0.25, 0.3) is 0 Å². The fourth-order valence-electron chi connectivity index (χ4n) is 1.77. The highest BCUT2D eigenvalue weighted by Gasteiger charge is 2.07. The molecule has 0 saturated carbocycles. The van der Waals surface area contributed by atoms with Gasteiger partial charge in [0.1, 0.15) is 0 Å². The Morgan fingerprint density at radius 2 is 2.06 bits per heavy atom. The molecule has 1 heterocycles. The Morgan fingerprint density at radius 3 is 2.59 bits per heavy atom. The molecule has 0 unspecified atom stereocenters. The molecule has 0 atom stereocenters. The minimum absolute atomic E-state index is 0.186. The molecule has 4 nitrogen and oxygen atoms in total. The maximum absolute atomic E-state index is 11.4. The van der Waals surface area contributed by atoms with Crippen LogP contribution in [-0.4, -0.2) is 34.7 Å². The lowest BCUT2D eigenvalue weighted by atomic mass is 10.2. The number of carbonyl (C=O) groups excluding carboxylic acids is 1. The van der Waals surface area contributed by atoms with Gasteiger partial charge in [-0.1, -0.05) is 13.8 Å². The molecular weight excluding hydrogens is 214 g/mol. The van der Waals surface area contributed by atoms with Gasteiger partial charge in [0.15, 0.2) is 0 Å². The van der Waals surface area contributed by atoms with Crippen molar-refractivity contribution in [3.05, 3.63) is 17.5 Å². The molecule has 17 heavy (non-hydrogen) atoms. The average Bonchev–Trinajstić information content (AvgIpc) is 2.71. The summed E-state index contributed by atoms with van der Waals surface area (Å²) in [5.74, 6) is 0.186. The van der Waals surface area contributed by atoms with Crippen molar-refractivity contribution in [2.45, 2.75) is 46.1 Å². The number of carbonyl (C=O) groups is 1. The van der Waals surface area contributed by atoms with Crippen LogP contribution in [0.5, 0.6) is 0 Å². The van der Waals surface area contributed by atoms with Crippen LogP contribution in [0.1, 0.15) is 38.1 Å². The summed E-state index contributed by atoms with van der Waals surface area (Å²) in [5, 5.41) is 4.53. The first-order chi connectivity index (χ1) is 8.08. The molecular formula is C13H23N3O. The molecule has 0 spiro atoms. The Balaban J connectivity index is 2.51. The summed E-state index contributed by atoms with van der Waals surface area (Å²) in [6.45, 7) is 5.09. The molecule has 0 aromatic carbocycles. The summed E-state index contributed by atoms with van der Waals surface area (Å²) in [6, 6.07) is 2.16. The van der Waals surface area contributed by atoms with Crippen LogP contribution in [0.15, 0.2) is 6.07 Å². The Labute approximate surface area is 104 Å². The minimum atomic E-state index is 0.186. The van der Waals surface area contributed by atoms with Gasteiger partial charge in [-0.05, 0) is 25.3 Å². The normalized spacial score (nSPS) is 10.6. The van der Waals surface area contributed by atoms with Crippen molar-refractivity contribution in [3.63, 3.8) is 0 Å². The molecule has 0 aliphatic heterocycles. The van der Waals surface area contributed by atoms with Crippen LogP contribution >= 0.6 is 0 Å². The lowest BCUT2D eigenvalue weighted by molar-refractivity contribution is -0.128. The highest BCUT2D eigenvalue weighted by molar-refractivity contribution is 5.75. The van der Waals surface area contributed by atoms with Crippen LogP contribution in [0.2, 0.25) is 0 Å². The second kappa shape index (κ2) is 6.42. The van der Waals surface area contributed by atoms with Crippen molar-refractivity contribution in [1.82, 2.24) is 14.7 Å². The molecule has 0 bridgehead atoms. The van der Waals surface area contributed by atoms with E-state index in [4.69, 9.17) is 0 Å². The molecule has 4 heteroatoms. The van der Waals surface area contributed by atoms with Crippen molar-refractivity contribution in [3.8, 4) is 0 Å². The third kappa shape index (κ3) is 3.88. The third-order valence-corrected chi connectivity index (χ3v) is 2.90. The largest absolute Gasteiger partial charge is 0.349 e. The van der Waals surface area contributed by atoms with E-state index in [1.807, 2.05) is 4.68 Å². The van der Waals surface area contributed by atoms with Gasteiger partial charge >= 0.3 is 0 Å². The van der Waals surface area contributed by atoms with Crippen LogP contribution in [0.25, 0.3) is 0 Å². The summed E-state index contributed by atoms with van der Waals surface area (Å²) in [4.78, 5) is 13.1. The quantitative estimate of drug-likeness (QED) is 0.757. The molecule has 0 fully saturated rings. The van der Waals surface area contributed by atoms with E-state index in [1.165, 1.54) is 5.69 Å². The van der Waals surface area contributed by atoms with Gasteiger partial charge in [0.2, 0.25) is 5.91 Å². The number of aromatic nitrogens is 2. The SMILES string of the molecule is CCc1cc(CC)n(CCCC(=O)N(C)C)n1. The summed E-state index contributed by atoms with van der Waals surface area (Å²) in [7, 11) is 3.59. The first-order valence-corrected chi connectivity index (χ1v) is 6.34. The highest BCUT2D eigenvalue weighted by atomic mass is 16.2. The number of rotatable bonds is 6. The van der Waals surface area contributed by atoms with E-state index in [-0.39, 0.29) is 5.91 Å². The Kier molecular flexibility index (Phi) is 5.19. The second-order valence-corrected chi connectivity index (χ2v) is 4.45. The Hall–Kier alpha value is -1.32. The maximum atomic E-state index is 11.4. The highest BCUT2D eigenvalue weighted by Crippen LogP contribution is 2.08. The summed E-state index contributed by atoms with van der Waals surface area (Å²) in [5.41, 5.74) is 2.40. The average molecular weight is 237 g/mol. The number of aryl methyl sites for hydroxylation is 3. The van der Waals surface area contributed by atoms with Gasteiger partial charge in [-0.2, -0.15) is 5.10 Å². The van der Waals surface area contributed by atoms with E-state index in [1.54, 1.807) is 19.0 Å². The van der Waals surface area contributed by atoms with Crippen LogP contribution in [-0.2, 0) is 24.2 Å². The minimum Gasteiger partial charge on any atom is -0.349 e. The fourth-order valence-corrected chi connectivity index (χ4v) is 1.77. The van der Waals surface area contributed by atoms with Crippen molar-refractivity contribution >= 4 is 5.91 Å². The summed E-state index contributed by atoms with van der Waals surface area (Å²) in [6.07, 6.45) is 3.41. The fraction of sp³-hybridized carbons (Fsp3) is 0.692. The monoisotopic (exact) mass is 237 g/mol. The van der Waals surface area contributed by atoms with E-state index in [0.29, 0.717) is 6.42 Å². The molecule has 96 valence electrons. The van der Waals surface area contributed by atoms with Crippen LogP contribution in [0.4, 0.5) is 0 Å². The first kappa shape index (κ1) is 13.7. The molecule has 0 radical (unpaired) electrons. The zero-order chi connectivity index (χ0) is 12.8. The number of hydrogen-bond donors (Lipinski definition) is 0. The topological polar surface area (TPSA) is 38.1 Å². The maximum Gasteiger partial charge on any atom is 0.222 e. The predicted octanol–water partition coefficient (Wildman–Crippen LogP) is 1.88. The molecule has 1 aromatic heterocycles. The Morgan fingerprint density at radius 1 is 1.35 bits per heavy atom. The van der Waals surface area contributed by atoms with Crippen molar-refractivity contribution in [2.75, 3.05) is 14.1 Å². The van der Waals surface area contributed by atoms with E-state index < -0.39 is 0 Å². The third-order valence-electron chi connectivity index (χ3n) is 2.90. The molecule has 0 aliphatic rings. The molecule has 1 amide bonds. The van der Waals surface area contributed by atoms with Crippen molar-refractivity contribution in [1.29, 1.82) is 0 Å². The van der Waals surface area contributed by atoms with Gasteiger partial charge in [-0.25, -0.2) is 0 Å². The predicted molar refractivity (Wildman–Crippen MR) is 68.9 cm³/mol. The van der Waals surface area contributed by atoms with Gasteiger partial charge < -0.3 is 4.90 Å². The number of amides is 1. The molecule has 0 saturated heterocycles. The van der Waals surface area contributed by atoms with E-state index >= 15 is 0 Å². The van der Waals surface area contributed by atoms with E-state index in [2.05, 4.69) is 25.0 Å². The van der Waals surface area contributed by atoms with Crippen molar-refractivity contribution < 1.29 is 4.79 Å². The van der Waals surface area contributed by atoms with Crippen LogP contribution in [0, 0.1) is 0 Å². The summed E-state index contributed by atoms with van der Waals surface area (Å²) < 4.78 is 2.04. The molecule has 1 rings (SSSR count). The van der Waals surface area contributed by atoms with Gasteiger partial charge in [0.05, 0.1) is 5.69 Å². The zero-order valence-corrected chi connectivity index (χ0v) is 11.4. The molecule has 1 aromatic rings. The number of nitrogens with zero attached hydrogens (tertiary/aromatic N) is 3. The lowest BCUT2D eigenvalue weighted by Gasteiger charge is -2.10. The standard InChI is InChI=1S/C13H23N3O/c1-5-11-10-12(6-2)16(14-11)9-7-8-13(17)15(3)4/h10H,5-9H2,1-4H3. The van der Waals surface area contributed by atoms with Crippen LogP contribution < -0.4 is 0 Å². The van der Waals surface area contributed by atoms with Crippen molar-refractivity contribution in [2.24, 2.45) is 0 Å². The van der Waals surface area contributed by atoms with E-state index in [9.17, 15) is 4.79 Å². The molecule has 0 aliphatic carbocycles. The van der Waals surface area contributed by atoms with Gasteiger partial charge in [-0.3, -0.25) is 9.48 Å². The van der Waals surface area contributed by atoms with Gasteiger partial charge in [-0.15, -0.1) is 0 Å². The first-order valence-electron chi connectivity index (χ1n) is 6.34. The van der Waals surface area contributed by atoms with E-state index in [0.717, 1.165) is 31.5 Å². The zero-order valence-electron chi connectivity index (χ0n) is 11.4. The molecule has 0 N–H and O–H groups in total. The second-order valence-electron chi connectivity index (χ2n) is 4.45. The van der Waals surface area contributed by atoms with Crippen LogP contribution in [0.3, 0.4) is 0 Å². The number of hydrogen-bond acceptors (Lipinski definition) is 2. The summed E-state index contributed by atoms with van der Waals surface area (Å²) >= 11 is 0. The van der Waals surface area contributed by atoms with Gasteiger partial charge in [0, 0.05) is 32.8 Å².